The lowest BCUT2D eigenvalue weighted by molar-refractivity contribution is 0.0951. The third-order valence-electron chi connectivity index (χ3n) is 4.97. The van der Waals surface area contributed by atoms with Crippen molar-refractivity contribution >= 4 is 17.5 Å². The van der Waals surface area contributed by atoms with E-state index in [1.165, 1.54) is 21.4 Å². The number of carbonyl (C=O) groups excluding carboxylic acids is 1. The van der Waals surface area contributed by atoms with Crippen molar-refractivity contribution in [3.8, 4) is 22.6 Å². The molecule has 32 heavy (non-hydrogen) atoms. The number of nitrogens with zero attached hydrogens (tertiary/aromatic N) is 4. The Morgan fingerprint density at radius 2 is 1.91 bits per heavy atom. The lowest BCUT2D eigenvalue weighted by Crippen LogP contribution is -2.32. The smallest absolute Gasteiger partial charge is 0.345 e. The van der Waals surface area contributed by atoms with Gasteiger partial charge in [0.05, 0.1) is 11.6 Å². The molecule has 2 heterocycles. The number of benzene rings is 2. The fourth-order valence-corrected chi connectivity index (χ4v) is 3.55. The van der Waals surface area contributed by atoms with Gasteiger partial charge in [-0.05, 0) is 37.3 Å². The van der Waals surface area contributed by atoms with Gasteiger partial charge < -0.3 is 9.84 Å². The monoisotopic (exact) mass is 455 g/mol. The second-order valence-corrected chi connectivity index (χ2v) is 7.50. The van der Waals surface area contributed by atoms with Crippen LogP contribution in [-0.2, 0) is 13.6 Å². The third kappa shape index (κ3) is 4.06. The van der Waals surface area contributed by atoms with Crippen LogP contribution in [-0.4, -0.2) is 32.0 Å². The van der Waals surface area contributed by atoms with Crippen molar-refractivity contribution in [2.75, 3.05) is 6.54 Å². The van der Waals surface area contributed by atoms with Gasteiger partial charge in [-0.1, -0.05) is 35.0 Å². The van der Waals surface area contributed by atoms with Crippen LogP contribution in [0, 0.1) is 12.7 Å². The minimum atomic E-state index is -0.401. The van der Waals surface area contributed by atoms with Gasteiger partial charge in [0.15, 0.2) is 5.82 Å². The van der Waals surface area contributed by atoms with Gasteiger partial charge in [0.1, 0.15) is 22.8 Å². The molecule has 0 aliphatic heterocycles. The quantitative estimate of drug-likeness (QED) is 0.480. The van der Waals surface area contributed by atoms with E-state index < -0.39 is 5.91 Å². The fraction of sp³-hybridized carbons (Fsp3) is 0.182. The highest BCUT2D eigenvalue weighted by Crippen LogP contribution is 2.30. The van der Waals surface area contributed by atoms with E-state index in [1.54, 1.807) is 50.4 Å². The highest BCUT2D eigenvalue weighted by molar-refractivity contribution is 6.33. The van der Waals surface area contributed by atoms with Crippen LogP contribution in [0.25, 0.3) is 22.6 Å². The van der Waals surface area contributed by atoms with E-state index in [2.05, 4.69) is 15.6 Å². The van der Waals surface area contributed by atoms with Crippen LogP contribution in [0.2, 0.25) is 5.02 Å². The molecular formula is C22H19ClFN5O3. The predicted molar refractivity (Wildman–Crippen MR) is 117 cm³/mol. The molecule has 4 aromatic rings. The Bertz CT molecular complexity index is 1340. The Balaban J connectivity index is 1.50. The summed E-state index contributed by atoms with van der Waals surface area (Å²) in [5, 5.41) is 11.5. The molecule has 0 fully saturated rings. The molecule has 2 aromatic carbocycles. The molecular weight excluding hydrogens is 437 g/mol. The number of hydrogen-bond donors (Lipinski definition) is 1. The minimum Gasteiger partial charge on any atom is -0.360 e. The molecule has 0 saturated carbocycles. The zero-order valence-electron chi connectivity index (χ0n) is 17.3. The van der Waals surface area contributed by atoms with Crippen molar-refractivity contribution < 1.29 is 13.7 Å². The molecule has 0 atom stereocenters. The average molecular weight is 456 g/mol. The van der Waals surface area contributed by atoms with Gasteiger partial charge in [0.2, 0.25) is 0 Å². The SMILES string of the molecule is Cc1onc(-c2ccccc2Cl)c1C(=O)NCCn1nc(-c2ccc(F)cc2)n(C)c1=O. The van der Waals surface area contributed by atoms with Crippen LogP contribution < -0.4 is 11.0 Å². The van der Waals surface area contributed by atoms with E-state index in [0.29, 0.717) is 33.4 Å². The summed E-state index contributed by atoms with van der Waals surface area (Å²) < 4.78 is 21.0. The Hall–Kier alpha value is -3.72. The van der Waals surface area contributed by atoms with Crippen LogP contribution in [0.4, 0.5) is 4.39 Å². The van der Waals surface area contributed by atoms with Crippen molar-refractivity contribution in [2.45, 2.75) is 13.5 Å². The third-order valence-corrected chi connectivity index (χ3v) is 5.30. The summed E-state index contributed by atoms with van der Waals surface area (Å²) in [4.78, 5) is 25.3. The number of carbonyl (C=O) groups is 1. The van der Waals surface area contributed by atoms with Gasteiger partial charge in [-0.15, -0.1) is 5.10 Å². The second kappa shape index (κ2) is 8.80. The van der Waals surface area contributed by atoms with E-state index in [9.17, 15) is 14.0 Å². The first-order chi connectivity index (χ1) is 15.4. The molecule has 4 rings (SSSR count). The van der Waals surface area contributed by atoms with Gasteiger partial charge >= 0.3 is 5.69 Å². The van der Waals surface area contributed by atoms with Crippen LogP contribution in [0.3, 0.4) is 0 Å². The zero-order chi connectivity index (χ0) is 22.8. The van der Waals surface area contributed by atoms with Crippen molar-refractivity contribution in [1.82, 2.24) is 24.8 Å². The van der Waals surface area contributed by atoms with Crippen molar-refractivity contribution in [2.24, 2.45) is 7.05 Å². The van der Waals surface area contributed by atoms with E-state index in [-0.39, 0.29) is 30.2 Å². The van der Waals surface area contributed by atoms with Crippen LogP contribution >= 0.6 is 11.6 Å². The van der Waals surface area contributed by atoms with Gasteiger partial charge in [0.25, 0.3) is 5.91 Å². The number of aryl methyl sites for hydroxylation is 1. The summed E-state index contributed by atoms with van der Waals surface area (Å²) >= 11 is 6.24. The Labute approximate surface area is 187 Å². The number of nitrogens with one attached hydrogen (secondary N) is 1. The maximum atomic E-state index is 13.2. The van der Waals surface area contributed by atoms with Crippen LogP contribution in [0.1, 0.15) is 16.1 Å². The molecule has 0 aliphatic rings. The number of hydrogen-bond acceptors (Lipinski definition) is 5. The molecule has 1 N–H and O–H groups in total. The molecule has 0 bridgehead atoms. The normalized spacial score (nSPS) is 11.0. The minimum absolute atomic E-state index is 0.144. The zero-order valence-corrected chi connectivity index (χ0v) is 18.1. The maximum absolute atomic E-state index is 13.2. The predicted octanol–water partition coefficient (Wildman–Crippen LogP) is 3.43. The fourth-order valence-electron chi connectivity index (χ4n) is 3.32. The van der Waals surface area contributed by atoms with E-state index in [1.807, 2.05) is 0 Å². The molecule has 0 saturated heterocycles. The first kappa shape index (κ1) is 21.5. The highest BCUT2D eigenvalue weighted by atomic mass is 35.5. The van der Waals surface area contributed by atoms with Gasteiger partial charge in [-0.2, -0.15) is 0 Å². The van der Waals surface area contributed by atoms with Crippen LogP contribution in [0.5, 0.6) is 0 Å². The summed E-state index contributed by atoms with van der Waals surface area (Å²) in [6, 6.07) is 12.7. The molecule has 0 unspecified atom stereocenters. The number of rotatable bonds is 6. The molecule has 0 spiro atoms. The number of aromatic nitrogens is 4. The molecule has 0 aliphatic carbocycles. The summed E-state index contributed by atoms with van der Waals surface area (Å²) in [6.45, 7) is 1.93. The molecule has 10 heteroatoms. The summed E-state index contributed by atoms with van der Waals surface area (Å²) in [6.07, 6.45) is 0. The van der Waals surface area contributed by atoms with E-state index >= 15 is 0 Å². The number of amides is 1. The molecule has 164 valence electrons. The summed E-state index contributed by atoms with van der Waals surface area (Å²) in [5.41, 5.74) is 1.47. The van der Waals surface area contributed by atoms with E-state index in [4.69, 9.17) is 16.1 Å². The summed E-state index contributed by atoms with van der Waals surface area (Å²) in [5.74, 6) is -0.0225. The summed E-state index contributed by atoms with van der Waals surface area (Å²) in [7, 11) is 1.58. The van der Waals surface area contributed by atoms with Gasteiger partial charge in [-0.25, -0.2) is 13.9 Å². The second-order valence-electron chi connectivity index (χ2n) is 7.09. The molecule has 2 aromatic heterocycles. The average Bonchev–Trinajstić information content (AvgIpc) is 3.29. The van der Waals surface area contributed by atoms with Crippen LogP contribution in [0.15, 0.2) is 57.8 Å². The number of halogens is 2. The highest BCUT2D eigenvalue weighted by Gasteiger charge is 2.23. The first-order valence-corrected chi connectivity index (χ1v) is 10.1. The van der Waals surface area contributed by atoms with Crippen molar-refractivity contribution in [3.63, 3.8) is 0 Å². The lowest BCUT2D eigenvalue weighted by Gasteiger charge is -2.06. The standard InChI is InChI=1S/C22H19ClFN5O3/c1-13-18(19(27-32-13)16-5-3-4-6-17(16)23)21(30)25-11-12-29-22(31)28(2)20(26-29)14-7-9-15(24)10-8-14/h3-10H,11-12H2,1-2H3,(H,25,30). The Kier molecular flexibility index (Phi) is 5.91. The Morgan fingerprint density at radius 3 is 2.62 bits per heavy atom. The lowest BCUT2D eigenvalue weighted by atomic mass is 10.1. The largest absolute Gasteiger partial charge is 0.360 e. The van der Waals surface area contributed by atoms with Gasteiger partial charge in [-0.3, -0.25) is 9.36 Å². The Morgan fingerprint density at radius 1 is 1.19 bits per heavy atom. The first-order valence-electron chi connectivity index (χ1n) is 9.76. The molecule has 1 amide bonds. The van der Waals surface area contributed by atoms with Crippen molar-refractivity contribution in [3.05, 3.63) is 81.2 Å². The topological polar surface area (TPSA) is 94.9 Å². The van der Waals surface area contributed by atoms with Gasteiger partial charge in [0, 0.05) is 24.7 Å². The molecule has 0 radical (unpaired) electrons. The van der Waals surface area contributed by atoms with Crippen molar-refractivity contribution in [1.29, 1.82) is 0 Å². The molecule has 8 nitrogen and oxygen atoms in total. The maximum Gasteiger partial charge on any atom is 0.345 e. The van der Waals surface area contributed by atoms with E-state index in [0.717, 1.165) is 0 Å².